The number of nitrogens with zero attached hydrogens (tertiary/aromatic N) is 2. The van der Waals surface area contributed by atoms with E-state index in [0.717, 1.165) is 0 Å². The number of carbonyl (C=O) groups excluding carboxylic acids is 1. The Balaban J connectivity index is 1.87. The Morgan fingerprint density at radius 1 is 1.07 bits per heavy atom. The fourth-order valence-electron chi connectivity index (χ4n) is 2.79. The molecule has 0 saturated carbocycles. The molecule has 1 heterocycles. The number of benzene rings is 2. The van der Waals surface area contributed by atoms with Crippen molar-refractivity contribution >= 4 is 33.0 Å². The van der Waals surface area contributed by atoms with Crippen LogP contribution in [0, 0.1) is 6.92 Å². The van der Waals surface area contributed by atoms with Gasteiger partial charge in [0.2, 0.25) is 5.91 Å². The third-order valence-corrected chi connectivity index (χ3v) is 6.20. The highest BCUT2D eigenvalue weighted by molar-refractivity contribution is 7.92. The molecular formula is C19H18ClN3O4S. The highest BCUT2D eigenvalue weighted by Gasteiger charge is 2.23. The third-order valence-electron chi connectivity index (χ3n) is 4.31. The van der Waals surface area contributed by atoms with Crippen molar-refractivity contribution in [2.45, 2.75) is 11.8 Å². The number of rotatable bonds is 5. The van der Waals surface area contributed by atoms with Crippen LogP contribution in [0.3, 0.4) is 0 Å². The summed E-state index contributed by atoms with van der Waals surface area (Å²) in [5.41, 5.74) is 0.740. The molecule has 2 aromatic carbocycles. The summed E-state index contributed by atoms with van der Waals surface area (Å²) in [6, 6.07) is 14.5. The zero-order chi connectivity index (χ0) is 20.5. The Morgan fingerprint density at radius 3 is 2.29 bits per heavy atom. The molecule has 146 valence electrons. The fourth-order valence-corrected chi connectivity index (χ4v) is 4.05. The van der Waals surface area contributed by atoms with Gasteiger partial charge in [0, 0.05) is 12.1 Å². The minimum atomic E-state index is -3.86. The topological polar surface area (TPSA) is 90.2 Å². The molecule has 0 bridgehead atoms. The fraction of sp³-hybridized carbons (Fsp3) is 0.158. The van der Waals surface area contributed by atoms with E-state index in [1.807, 2.05) is 6.07 Å². The van der Waals surface area contributed by atoms with Gasteiger partial charge in [-0.15, -0.1) is 0 Å². The second kappa shape index (κ2) is 7.65. The highest BCUT2D eigenvalue weighted by atomic mass is 35.5. The standard InChI is InChI=1S/C19H18ClN3O4S/c1-13-18(19(25)23(22(13)2)15-6-4-3-5-7-15)21-17(24)12-28(26,27)16-10-8-14(20)9-11-16/h3-11H,12H2,1-2H3,(H,21,24). The summed E-state index contributed by atoms with van der Waals surface area (Å²) >= 11 is 5.76. The summed E-state index contributed by atoms with van der Waals surface area (Å²) in [7, 11) is -2.18. The lowest BCUT2D eigenvalue weighted by atomic mass is 10.3. The molecule has 28 heavy (non-hydrogen) atoms. The Labute approximate surface area is 167 Å². The molecule has 0 unspecified atom stereocenters. The van der Waals surface area contributed by atoms with Gasteiger partial charge in [-0.3, -0.25) is 14.3 Å². The van der Waals surface area contributed by atoms with Crippen LogP contribution in [0.5, 0.6) is 0 Å². The summed E-state index contributed by atoms with van der Waals surface area (Å²) in [5, 5.41) is 2.84. The monoisotopic (exact) mass is 419 g/mol. The third kappa shape index (κ3) is 3.88. The van der Waals surface area contributed by atoms with E-state index in [9.17, 15) is 18.0 Å². The lowest BCUT2D eigenvalue weighted by Gasteiger charge is -2.07. The predicted molar refractivity (Wildman–Crippen MR) is 108 cm³/mol. The van der Waals surface area contributed by atoms with Crippen LogP contribution in [-0.4, -0.2) is 29.4 Å². The van der Waals surface area contributed by atoms with Gasteiger partial charge in [-0.25, -0.2) is 13.1 Å². The van der Waals surface area contributed by atoms with Crippen LogP contribution >= 0.6 is 11.6 Å². The maximum atomic E-state index is 12.8. The Hall–Kier alpha value is -2.84. The van der Waals surface area contributed by atoms with E-state index in [4.69, 9.17) is 11.6 Å². The van der Waals surface area contributed by atoms with Crippen molar-refractivity contribution in [2.24, 2.45) is 7.05 Å². The molecule has 0 radical (unpaired) electrons. The summed E-state index contributed by atoms with van der Waals surface area (Å²) in [4.78, 5) is 25.1. The number of anilines is 1. The van der Waals surface area contributed by atoms with Gasteiger partial charge >= 0.3 is 0 Å². The quantitative estimate of drug-likeness (QED) is 0.688. The number of sulfone groups is 1. The molecule has 0 spiro atoms. The molecule has 0 saturated heterocycles. The normalized spacial score (nSPS) is 11.4. The zero-order valence-corrected chi connectivity index (χ0v) is 16.8. The van der Waals surface area contributed by atoms with Crippen molar-refractivity contribution in [1.29, 1.82) is 0 Å². The van der Waals surface area contributed by atoms with Gasteiger partial charge in [-0.05, 0) is 43.3 Å². The maximum absolute atomic E-state index is 12.8. The first-order valence-corrected chi connectivity index (χ1v) is 10.4. The van der Waals surface area contributed by atoms with Crippen LogP contribution < -0.4 is 10.9 Å². The van der Waals surface area contributed by atoms with Gasteiger partial charge < -0.3 is 5.32 Å². The smallest absolute Gasteiger partial charge is 0.295 e. The number of hydrogen-bond acceptors (Lipinski definition) is 4. The van der Waals surface area contributed by atoms with Crippen LogP contribution in [0.4, 0.5) is 5.69 Å². The number of para-hydroxylation sites is 1. The molecule has 1 amide bonds. The molecule has 0 atom stereocenters. The summed E-state index contributed by atoms with van der Waals surface area (Å²) in [5.74, 6) is -1.57. The number of nitrogens with one attached hydrogen (secondary N) is 1. The lowest BCUT2D eigenvalue weighted by Crippen LogP contribution is -2.27. The van der Waals surface area contributed by atoms with Gasteiger partial charge in [0.1, 0.15) is 11.4 Å². The molecule has 0 aliphatic carbocycles. The summed E-state index contributed by atoms with van der Waals surface area (Å²) in [6.07, 6.45) is 0. The zero-order valence-electron chi connectivity index (χ0n) is 15.2. The van der Waals surface area contributed by atoms with Crippen LogP contribution in [-0.2, 0) is 21.7 Å². The molecule has 9 heteroatoms. The van der Waals surface area contributed by atoms with Crippen molar-refractivity contribution in [2.75, 3.05) is 11.1 Å². The van der Waals surface area contributed by atoms with Gasteiger partial charge in [0.25, 0.3) is 5.56 Å². The molecule has 1 N–H and O–H groups in total. The molecule has 7 nitrogen and oxygen atoms in total. The Bertz CT molecular complexity index is 1180. The van der Waals surface area contributed by atoms with Crippen molar-refractivity contribution in [1.82, 2.24) is 9.36 Å². The van der Waals surface area contributed by atoms with Gasteiger partial charge in [-0.1, -0.05) is 29.8 Å². The van der Waals surface area contributed by atoms with E-state index in [0.29, 0.717) is 16.4 Å². The number of amides is 1. The van der Waals surface area contributed by atoms with Gasteiger partial charge in [-0.2, -0.15) is 0 Å². The molecule has 3 rings (SSSR count). The van der Waals surface area contributed by atoms with Crippen LogP contribution in [0.2, 0.25) is 5.02 Å². The average molecular weight is 420 g/mol. The van der Waals surface area contributed by atoms with Crippen LogP contribution in [0.15, 0.2) is 64.3 Å². The van der Waals surface area contributed by atoms with E-state index in [-0.39, 0.29) is 10.6 Å². The first-order chi connectivity index (χ1) is 13.2. The van der Waals surface area contributed by atoms with E-state index < -0.39 is 27.1 Å². The molecular weight excluding hydrogens is 402 g/mol. The summed E-state index contributed by atoms with van der Waals surface area (Å²) in [6.45, 7) is 1.67. The van der Waals surface area contributed by atoms with E-state index in [1.165, 1.54) is 28.9 Å². The van der Waals surface area contributed by atoms with Crippen LogP contribution in [0.25, 0.3) is 5.69 Å². The summed E-state index contributed by atoms with van der Waals surface area (Å²) < 4.78 is 27.8. The number of hydrogen-bond donors (Lipinski definition) is 1. The second-order valence-corrected chi connectivity index (χ2v) is 8.62. The molecule has 0 aliphatic heterocycles. The molecule has 3 aromatic rings. The van der Waals surface area contributed by atoms with Gasteiger partial charge in [0.15, 0.2) is 9.84 Å². The first-order valence-electron chi connectivity index (χ1n) is 8.33. The predicted octanol–water partition coefficient (Wildman–Crippen LogP) is 2.55. The number of aromatic nitrogens is 2. The average Bonchev–Trinajstić information content (AvgIpc) is 2.86. The second-order valence-electron chi connectivity index (χ2n) is 6.20. The first kappa shape index (κ1) is 19.9. The lowest BCUT2D eigenvalue weighted by molar-refractivity contribution is -0.113. The minimum absolute atomic E-state index is 0.0152. The molecule has 0 aliphatic rings. The Morgan fingerprint density at radius 2 is 1.68 bits per heavy atom. The van der Waals surface area contributed by atoms with Gasteiger partial charge in [0.05, 0.1) is 16.3 Å². The van der Waals surface area contributed by atoms with E-state index in [1.54, 1.807) is 42.9 Å². The molecule has 1 aromatic heterocycles. The number of carbonyl (C=O) groups is 1. The van der Waals surface area contributed by atoms with E-state index >= 15 is 0 Å². The molecule has 0 fully saturated rings. The Kier molecular flexibility index (Phi) is 5.44. The number of halogens is 1. The van der Waals surface area contributed by atoms with Crippen molar-refractivity contribution < 1.29 is 13.2 Å². The van der Waals surface area contributed by atoms with Crippen molar-refractivity contribution in [3.63, 3.8) is 0 Å². The SMILES string of the molecule is Cc1c(NC(=O)CS(=O)(=O)c2ccc(Cl)cc2)c(=O)n(-c2ccccc2)n1C. The highest BCUT2D eigenvalue weighted by Crippen LogP contribution is 2.17. The maximum Gasteiger partial charge on any atom is 0.295 e. The van der Waals surface area contributed by atoms with Crippen LogP contribution in [0.1, 0.15) is 5.69 Å². The van der Waals surface area contributed by atoms with E-state index in [2.05, 4.69) is 5.32 Å². The van der Waals surface area contributed by atoms with Crippen molar-refractivity contribution in [3.05, 3.63) is 75.7 Å². The minimum Gasteiger partial charge on any atom is -0.319 e. The van der Waals surface area contributed by atoms with Crippen molar-refractivity contribution in [3.8, 4) is 5.69 Å². The largest absolute Gasteiger partial charge is 0.319 e.